The summed E-state index contributed by atoms with van der Waals surface area (Å²) in [6.45, 7) is 0.229. The van der Waals surface area contributed by atoms with E-state index < -0.39 is 11.4 Å². The molecular weight excluding hydrogens is 282 g/mol. The van der Waals surface area contributed by atoms with Gasteiger partial charge < -0.3 is 10.4 Å². The molecule has 2 N–H and O–H groups in total. The highest BCUT2D eigenvalue weighted by atomic mass is 32.1. The molecular formula is C13H13NO3S2. The Kier molecular flexibility index (Phi) is 3.06. The topological polar surface area (TPSA) is 66.4 Å². The maximum Gasteiger partial charge on any atom is 0.311 e. The Balaban J connectivity index is 1.68. The number of carboxylic acids is 1. The number of nitrogens with one attached hydrogen (secondary N) is 1. The monoisotopic (exact) mass is 295 g/mol. The van der Waals surface area contributed by atoms with Gasteiger partial charge in [-0.2, -0.15) is 0 Å². The average Bonchev–Trinajstić information content (AvgIpc) is 2.86. The predicted molar refractivity (Wildman–Crippen MR) is 76.0 cm³/mol. The van der Waals surface area contributed by atoms with Gasteiger partial charge in [-0.25, -0.2) is 0 Å². The van der Waals surface area contributed by atoms with Crippen LogP contribution in [0.1, 0.15) is 28.9 Å². The molecule has 1 fully saturated rings. The summed E-state index contributed by atoms with van der Waals surface area (Å²) in [5, 5.41) is 14.0. The van der Waals surface area contributed by atoms with Crippen molar-refractivity contribution in [3.8, 4) is 0 Å². The molecule has 0 aliphatic heterocycles. The van der Waals surface area contributed by atoms with Crippen LogP contribution in [0.2, 0.25) is 0 Å². The van der Waals surface area contributed by atoms with Crippen molar-refractivity contribution in [2.75, 3.05) is 6.54 Å². The molecule has 0 bridgehead atoms. The van der Waals surface area contributed by atoms with E-state index in [0.29, 0.717) is 17.7 Å². The Labute approximate surface area is 118 Å². The van der Waals surface area contributed by atoms with E-state index >= 15 is 0 Å². The van der Waals surface area contributed by atoms with Gasteiger partial charge in [0.15, 0.2) is 0 Å². The quantitative estimate of drug-likeness (QED) is 0.911. The van der Waals surface area contributed by atoms with Gasteiger partial charge in [0.2, 0.25) is 0 Å². The molecule has 1 aliphatic rings. The molecule has 0 aromatic carbocycles. The lowest BCUT2D eigenvalue weighted by atomic mass is 9.69. The zero-order valence-electron chi connectivity index (χ0n) is 10.1. The van der Waals surface area contributed by atoms with Crippen LogP contribution < -0.4 is 5.32 Å². The van der Waals surface area contributed by atoms with E-state index in [4.69, 9.17) is 0 Å². The van der Waals surface area contributed by atoms with E-state index in [1.54, 1.807) is 11.3 Å². The standard InChI is InChI=1S/C13H13NO3S2/c15-11(10-6-9-8(19-10)2-5-18-9)14-7-13(12(16)17)3-1-4-13/h2,5-6H,1,3-4,7H2,(H,14,15)(H,16,17). The first-order chi connectivity index (χ1) is 9.11. The molecule has 2 aromatic rings. The van der Waals surface area contributed by atoms with E-state index in [0.717, 1.165) is 15.8 Å². The number of aliphatic carboxylic acids is 1. The van der Waals surface area contributed by atoms with Gasteiger partial charge in [0.05, 0.1) is 10.3 Å². The van der Waals surface area contributed by atoms with E-state index in [1.807, 2.05) is 17.5 Å². The zero-order valence-corrected chi connectivity index (χ0v) is 11.8. The van der Waals surface area contributed by atoms with Crippen LogP contribution in [0, 0.1) is 5.41 Å². The molecule has 19 heavy (non-hydrogen) atoms. The summed E-state index contributed by atoms with van der Waals surface area (Å²) < 4.78 is 2.21. The predicted octanol–water partition coefficient (Wildman–Crippen LogP) is 2.95. The normalized spacial score (nSPS) is 17.1. The second kappa shape index (κ2) is 4.61. The Morgan fingerprint density at radius 1 is 1.37 bits per heavy atom. The maximum absolute atomic E-state index is 12.0. The third-order valence-corrected chi connectivity index (χ3v) is 5.81. The first-order valence-electron chi connectivity index (χ1n) is 6.09. The third-order valence-electron chi connectivity index (χ3n) is 3.71. The second-order valence-corrected chi connectivity index (χ2v) is 6.91. The van der Waals surface area contributed by atoms with Crippen LogP contribution in [-0.4, -0.2) is 23.5 Å². The fraction of sp³-hybridized carbons (Fsp3) is 0.385. The molecule has 1 amide bonds. The molecule has 6 heteroatoms. The highest BCUT2D eigenvalue weighted by molar-refractivity contribution is 7.27. The zero-order chi connectivity index (χ0) is 13.5. The van der Waals surface area contributed by atoms with E-state index in [9.17, 15) is 14.7 Å². The van der Waals surface area contributed by atoms with E-state index in [2.05, 4.69) is 5.32 Å². The van der Waals surface area contributed by atoms with E-state index in [-0.39, 0.29) is 12.5 Å². The Hall–Kier alpha value is -1.40. The number of fused-ring (bicyclic) bond motifs is 1. The van der Waals surface area contributed by atoms with Crippen molar-refractivity contribution in [1.82, 2.24) is 5.32 Å². The summed E-state index contributed by atoms with van der Waals surface area (Å²) in [6.07, 6.45) is 2.24. The summed E-state index contributed by atoms with van der Waals surface area (Å²) in [5.74, 6) is -0.966. The Morgan fingerprint density at radius 2 is 2.16 bits per heavy atom. The van der Waals surface area contributed by atoms with Gasteiger partial charge >= 0.3 is 5.97 Å². The number of hydrogen-bond donors (Lipinski definition) is 2. The SMILES string of the molecule is O=C(NCC1(C(=O)O)CCC1)c1cc2sccc2s1. The lowest BCUT2D eigenvalue weighted by Crippen LogP contribution is -2.47. The minimum Gasteiger partial charge on any atom is -0.481 e. The van der Waals surface area contributed by atoms with Crippen LogP contribution in [0.4, 0.5) is 0 Å². The third kappa shape index (κ3) is 2.15. The van der Waals surface area contributed by atoms with Crippen LogP contribution in [0.15, 0.2) is 17.5 Å². The summed E-state index contributed by atoms with van der Waals surface area (Å²) in [7, 11) is 0. The van der Waals surface area contributed by atoms with Crippen LogP contribution in [0.5, 0.6) is 0 Å². The summed E-state index contributed by atoms with van der Waals surface area (Å²) in [4.78, 5) is 23.9. The number of hydrogen-bond acceptors (Lipinski definition) is 4. The number of carbonyl (C=O) groups is 2. The molecule has 0 atom stereocenters. The van der Waals surface area contributed by atoms with Gasteiger partial charge in [-0.3, -0.25) is 9.59 Å². The van der Waals surface area contributed by atoms with Crippen LogP contribution in [0.25, 0.3) is 9.40 Å². The molecule has 4 nitrogen and oxygen atoms in total. The van der Waals surface area contributed by atoms with Gasteiger partial charge in [0, 0.05) is 15.9 Å². The van der Waals surface area contributed by atoms with Crippen molar-refractivity contribution in [3.05, 3.63) is 22.4 Å². The molecule has 0 unspecified atom stereocenters. The van der Waals surface area contributed by atoms with Crippen molar-refractivity contribution in [2.45, 2.75) is 19.3 Å². The lowest BCUT2D eigenvalue weighted by Gasteiger charge is -2.37. The van der Waals surface area contributed by atoms with Crippen LogP contribution in [0.3, 0.4) is 0 Å². The smallest absolute Gasteiger partial charge is 0.311 e. The molecule has 1 aliphatic carbocycles. The average molecular weight is 295 g/mol. The van der Waals surface area contributed by atoms with Gasteiger partial charge in [-0.1, -0.05) is 6.42 Å². The highest BCUT2D eigenvalue weighted by Crippen LogP contribution is 2.40. The molecule has 0 spiro atoms. The van der Waals surface area contributed by atoms with Crippen molar-refractivity contribution >= 4 is 43.9 Å². The Bertz CT molecular complexity index is 611. The minimum atomic E-state index is -0.800. The number of thiophene rings is 2. The first-order valence-corrected chi connectivity index (χ1v) is 7.79. The fourth-order valence-corrected chi connectivity index (χ4v) is 4.31. The van der Waals surface area contributed by atoms with E-state index in [1.165, 1.54) is 11.3 Å². The Morgan fingerprint density at radius 3 is 2.74 bits per heavy atom. The molecule has 1 saturated carbocycles. The number of carbonyl (C=O) groups excluding carboxylic acids is 1. The molecule has 3 rings (SSSR count). The van der Waals surface area contributed by atoms with Gasteiger partial charge in [0.1, 0.15) is 0 Å². The molecule has 0 radical (unpaired) electrons. The summed E-state index contributed by atoms with van der Waals surface area (Å²) >= 11 is 3.05. The number of carboxylic acid groups (broad SMARTS) is 1. The summed E-state index contributed by atoms with van der Waals surface area (Å²) in [6, 6.07) is 3.86. The number of rotatable bonds is 4. The van der Waals surface area contributed by atoms with Crippen molar-refractivity contribution in [1.29, 1.82) is 0 Å². The maximum atomic E-state index is 12.0. The molecule has 0 saturated heterocycles. The van der Waals surface area contributed by atoms with Crippen LogP contribution in [-0.2, 0) is 4.79 Å². The molecule has 2 heterocycles. The highest BCUT2D eigenvalue weighted by Gasteiger charge is 2.44. The van der Waals surface area contributed by atoms with Crippen molar-refractivity contribution in [3.63, 3.8) is 0 Å². The number of amides is 1. The molecule has 2 aromatic heterocycles. The van der Waals surface area contributed by atoms with Gasteiger partial charge in [0.25, 0.3) is 5.91 Å². The minimum absolute atomic E-state index is 0.166. The largest absolute Gasteiger partial charge is 0.481 e. The fourth-order valence-electron chi connectivity index (χ4n) is 2.28. The van der Waals surface area contributed by atoms with Crippen LogP contribution >= 0.6 is 22.7 Å². The second-order valence-electron chi connectivity index (χ2n) is 4.88. The van der Waals surface area contributed by atoms with Gasteiger partial charge in [-0.05, 0) is 30.4 Å². The summed E-state index contributed by atoms with van der Waals surface area (Å²) in [5.41, 5.74) is -0.732. The first kappa shape index (κ1) is 12.6. The lowest BCUT2D eigenvalue weighted by molar-refractivity contribution is -0.153. The van der Waals surface area contributed by atoms with Gasteiger partial charge in [-0.15, -0.1) is 22.7 Å². The van der Waals surface area contributed by atoms with Crippen molar-refractivity contribution < 1.29 is 14.7 Å². The van der Waals surface area contributed by atoms with Crippen molar-refractivity contribution in [2.24, 2.45) is 5.41 Å². The molecule has 100 valence electrons.